The van der Waals surface area contributed by atoms with Gasteiger partial charge in [0.15, 0.2) is 0 Å². The smallest absolute Gasteiger partial charge is 0.322 e. The molecule has 0 aliphatic carbocycles. The molecule has 1 fully saturated rings. The summed E-state index contributed by atoms with van der Waals surface area (Å²) in [6.07, 6.45) is 0.715. The summed E-state index contributed by atoms with van der Waals surface area (Å²) in [6.45, 7) is 2.80. The molecule has 0 unspecified atom stereocenters. The van der Waals surface area contributed by atoms with Crippen molar-refractivity contribution in [1.29, 1.82) is 0 Å². The number of carbonyl (C=O) groups excluding carboxylic acids is 1. The van der Waals surface area contributed by atoms with Gasteiger partial charge in [0.1, 0.15) is 12.1 Å². The minimum absolute atomic E-state index is 0.0755. The number of nitrogens with two attached hydrogens (primary N) is 1. The zero-order valence-electron chi connectivity index (χ0n) is 6.58. The van der Waals surface area contributed by atoms with Crippen molar-refractivity contribution in [3.8, 4) is 0 Å². The van der Waals surface area contributed by atoms with Crippen LogP contribution in [0.2, 0.25) is 0 Å². The van der Waals surface area contributed by atoms with Crippen LogP contribution in [0, 0.1) is 0 Å². The van der Waals surface area contributed by atoms with Crippen molar-refractivity contribution in [3.63, 3.8) is 0 Å². The van der Waals surface area contributed by atoms with E-state index in [9.17, 15) is 4.79 Å². The van der Waals surface area contributed by atoms with Crippen molar-refractivity contribution in [3.05, 3.63) is 0 Å². The van der Waals surface area contributed by atoms with E-state index in [1.807, 2.05) is 0 Å². The minimum atomic E-state index is -0.532. The number of ether oxygens (including phenoxy) is 2. The Morgan fingerprint density at radius 3 is 3.00 bits per heavy atom. The maximum absolute atomic E-state index is 10.9. The van der Waals surface area contributed by atoms with Gasteiger partial charge in [-0.25, -0.2) is 0 Å². The predicted octanol–water partition coefficient (Wildman–Crippen LogP) is -0.334. The van der Waals surface area contributed by atoms with E-state index in [0.29, 0.717) is 13.2 Å². The number of hydrogen-bond donors (Lipinski definition) is 1. The third-order valence-electron chi connectivity index (χ3n) is 1.54. The summed E-state index contributed by atoms with van der Waals surface area (Å²) in [5.41, 5.74) is 5.30. The minimum Gasteiger partial charge on any atom is -0.459 e. The van der Waals surface area contributed by atoms with E-state index < -0.39 is 6.04 Å². The van der Waals surface area contributed by atoms with E-state index in [0.717, 1.165) is 6.42 Å². The van der Waals surface area contributed by atoms with Crippen molar-refractivity contribution >= 4 is 5.97 Å². The Balaban J connectivity index is 2.24. The highest BCUT2D eigenvalue weighted by atomic mass is 16.6. The summed E-state index contributed by atoms with van der Waals surface area (Å²) in [7, 11) is 0. The van der Waals surface area contributed by atoms with Gasteiger partial charge in [0, 0.05) is 6.42 Å². The van der Waals surface area contributed by atoms with Crippen LogP contribution in [0.25, 0.3) is 0 Å². The Labute approximate surface area is 65.7 Å². The molecular formula is C7H13NO3. The normalized spacial score (nSPS) is 26.5. The van der Waals surface area contributed by atoms with Crippen LogP contribution in [0.1, 0.15) is 13.3 Å². The summed E-state index contributed by atoms with van der Waals surface area (Å²) < 4.78 is 10.0. The first-order valence-electron chi connectivity index (χ1n) is 3.74. The molecule has 64 valence electrons. The highest BCUT2D eigenvalue weighted by molar-refractivity contribution is 5.75. The zero-order valence-corrected chi connectivity index (χ0v) is 6.58. The molecule has 4 heteroatoms. The molecule has 0 radical (unpaired) electrons. The lowest BCUT2D eigenvalue weighted by Crippen LogP contribution is -2.32. The summed E-state index contributed by atoms with van der Waals surface area (Å²) in [5, 5.41) is 0. The van der Waals surface area contributed by atoms with E-state index in [2.05, 4.69) is 0 Å². The van der Waals surface area contributed by atoms with Gasteiger partial charge >= 0.3 is 5.97 Å². The van der Waals surface area contributed by atoms with Crippen LogP contribution in [-0.4, -0.2) is 31.3 Å². The van der Waals surface area contributed by atoms with Gasteiger partial charge in [-0.2, -0.15) is 0 Å². The van der Waals surface area contributed by atoms with Crippen LogP contribution < -0.4 is 5.73 Å². The molecule has 2 atom stereocenters. The van der Waals surface area contributed by atoms with E-state index in [1.54, 1.807) is 6.92 Å². The zero-order chi connectivity index (χ0) is 8.27. The number of rotatable bonds is 2. The lowest BCUT2D eigenvalue weighted by atomic mass is 10.3. The van der Waals surface area contributed by atoms with Gasteiger partial charge in [0.2, 0.25) is 0 Å². The monoisotopic (exact) mass is 159 g/mol. The van der Waals surface area contributed by atoms with Crippen molar-refractivity contribution in [2.45, 2.75) is 25.5 Å². The fourth-order valence-corrected chi connectivity index (χ4v) is 0.877. The maximum atomic E-state index is 10.9. The SMILES string of the molecule is C[C@H](N)C(=O)O[C@@H]1CCOC1. The van der Waals surface area contributed by atoms with Gasteiger partial charge < -0.3 is 15.2 Å². The predicted molar refractivity (Wildman–Crippen MR) is 39.0 cm³/mol. The molecule has 4 nitrogen and oxygen atoms in total. The molecule has 0 bridgehead atoms. The Morgan fingerprint density at radius 2 is 2.55 bits per heavy atom. The summed E-state index contributed by atoms with van der Waals surface area (Å²) >= 11 is 0. The maximum Gasteiger partial charge on any atom is 0.322 e. The van der Waals surface area contributed by atoms with Gasteiger partial charge in [-0.15, -0.1) is 0 Å². The first-order chi connectivity index (χ1) is 5.20. The fourth-order valence-electron chi connectivity index (χ4n) is 0.877. The average Bonchev–Trinajstić information content (AvgIpc) is 2.39. The molecule has 0 aromatic rings. The van der Waals surface area contributed by atoms with Crippen LogP contribution in [0.15, 0.2) is 0 Å². The molecule has 1 aliphatic rings. The van der Waals surface area contributed by atoms with Crippen LogP contribution in [0.3, 0.4) is 0 Å². The highest BCUT2D eigenvalue weighted by Gasteiger charge is 2.21. The van der Waals surface area contributed by atoms with Crippen LogP contribution >= 0.6 is 0 Å². The molecular weight excluding hydrogens is 146 g/mol. The number of hydrogen-bond acceptors (Lipinski definition) is 4. The molecule has 1 rings (SSSR count). The van der Waals surface area contributed by atoms with E-state index in [-0.39, 0.29) is 12.1 Å². The molecule has 11 heavy (non-hydrogen) atoms. The summed E-state index contributed by atoms with van der Waals surface area (Å²) in [6, 6.07) is -0.532. The topological polar surface area (TPSA) is 61.6 Å². The molecule has 0 aromatic carbocycles. The highest BCUT2D eigenvalue weighted by Crippen LogP contribution is 2.08. The van der Waals surface area contributed by atoms with Crippen molar-refractivity contribution < 1.29 is 14.3 Å². The molecule has 0 spiro atoms. The number of carbonyl (C=O) groups is 1. The Kier molecular flexibility index (Phi) is 2.84. The lowest BCUT2D eigenvalue weighted by Gasteiger charge is -2.11. The lowest BCUT2D eigenvalue weighted by molar-refractivity contribution is -0.150. The molecule has 0 saturated carbocycles. The summed E-state index contributed by atoms with van der Waals surface area (Å²) in [4.78, 5) is 10.9. The van der Waals surface area contributed by atoms with E-state index in [4.69, 9.17) is 15.2 Å². The van der Waals surface area contributed by atoms with Gasteiger partial charge in [0.05, 0.1) is 13.2 Å². The van der Waals surface area contributed by atoms with Crippen molar-refractivity contribution in [2.75, 3.05) is 13.2 Å². The van der Waals surface area contributed by atoms with Gasteiger partial charge in [-0.3, -0.25) is 4.79 Å². The molecule has 0 aromatic heterocycles. The third kappa shape index (κ3) is 2.48. The molecule has 1 heterocycles. The first-order valence-corrected chi connectivity index (χ1v) is 3.74. The largest absolute Gasteiger partial charge is 0.459 e. The summed E-state index contributed by atoms with van der Waals surface area (Å²) in [5.74, 6) is -0.347. The Morgan fingerprint density at radius 1 is 1.82 bits per heavy atom. The van der Waals surface area contributed by atoms with Crippen molar-refractivity contribution in [2.24, 2.45) is 5.73 Å². The Hall–Kier alpha value is -0.610. The quantitative estimate of drug-likeness (QED) is 0.560. The van der Waals surface area contributed by atoms with Crippen LogP contribution in [-0.2, 0) is 14.3 Å². The van der Waals surface area contributed by atoms with E-state index in [1.165, 1.54) is 0 Å². The van der Waals surface area contributed by atoms with E-state index >= 15 is 0 Å². The number of esters is 1. The van der Waals surface area contributed by atoms with Gasteiger partial charge in [0.25, 0.3) is 0 Å². The van der Waals surface area contributed by atoms with Crippen molar-refractivity contribution in [1.82, 2.24) is 0 Å². The Bertz CT molecular complexity index is 141. The second kappa shape index (κ2) is 3.69. The fraction of sp³-hybridized carbons (Fsp3) is 0.857. The van der Waals surface area contributed by atoms with Crippen LogP contribution in [0.5, 0.6) is 0 Å². The standard InChI is InChI=1S/C7H13NO3/c1-5(8)7(9)11-6-2-3-10-4-6/h5-6H,2-4,8H2,1H3/t5-,6+/m0/s1. The molecule has 2 N–H and O–H groups in total. The molecule has 1 aliphatic heterocycles. The first kappa shape index (κ1) is 8.49. The third-order valence-corrected chi connectivity index (χ3v) is 1.54. The second-order valence-corrected chi connectivity index (χ2v) is 2.71. The van der Waals surface area contributed by atoms with Crippen LogP contribution in [0.4, 0.5) is 0 Å². The van der Waals surface area contributed by atoms with Gasteiger partial charge in [-0.05, 0) is 6.92 Å². The molecule has 0 amide bonds. The van der Waals surface area contributed by atoms with Gasteiger partial charge in [-0.1, -0.05) is 0 Å². The average molecular weight is 159 g/mol. The molecule has 1 saturated heterocycles. The second-order valence-electron chi connectivity index (χ2n) is 2.71.